The van der Waals surface area contributed by atoms with Gasteiger partial charge in [0.25, 0.3) is 0 Å². The number of benzene rings is 1. The van der Waals surface area contributed by atoms with Gasteiger partial charge < -0.3 is 15.4 Å². The molecule has 0 aliphatic heterocycles. The molecular formula is C17H18F4N4O. The Balaban J connectivity index is 1.93. The topological polar surface area (TPSA) is 58.5 Å². The molecule has 0 saturated heterocycles. The quantitative estimate of drug-likeness (QED) is 0.466. The van der Waals surface area contributed by atoms with Crippen LogP contribution in [0.4, 0.5) is 17.6 Å². The summed E-state index contributed by atoms with van der Waals surface area (Å²) < 4.78 is 55.3. The average Bonchev–Trinajstić information content (AvgIpc) is 2.61. The van der Waals surface area contributed by atoms with E-state index < -0.39 is 12.8 Å². The van der Waals surface area contributed by atoms with E-state index in [2.05, 4.69) is 20.6 Å². The molecule has 0 bridgehead atoms. The third-order valence-electron chi connectivity index (χ3n) is 3.30. The van der Waals surface area contributed by atoms with Crippen molar-refractivity contribution in [2.45, 2.75) is 19.3 Å². The molecule has 9 heteroatoms. The van der Waals surface area contributed by atoms with Crippen LogP contribution in [0.5, 0.6) is 5.88 Å². The van der Waals surface area contributed by atoms with Crippen molar-refractivity contribution in [2.24, 2.45) is 4.99 Å². The Labute approximate surface area is 148 Å². The van der Waals surface area contributed by atoms with E-state index in [9.17, 15) is 17.6 Å². The highest BCUT2D eigenvalue weighted by Crippen LogP contribution is 2.19. The second kappa shape index (κ2) is 9.02. The van der Waals surface area contributed by atoms with Crippen molar-refractivity contribution in [3.63, 3.8) is 0 Å². The molecule has 26 heavy (non-hydrogen) atoms. The Morgan fingerprint density at radius 1 is 1.08 bits per heavy atom. The molecule has 2 N–H and O–H groups in total. The first-order chi connectivity index (χ1) is 12.4. The van der Waals surface area contributed by atoms with Crippen molar-refractivity contribution in [1.29, 1.82) is 0 Å². The first-order valence-electron chi connectivity index (χ1n) is 7.70. The highest BCUT2D eigenvalue weighted by Gasteiger charge is 2.29. The molecule has 1 aromatic carbocycles. The summed E-state index contributed by atoms with van der Waals surface area (Å²) in [5.41, 5.74) is 0.900. The zero-order chi connectivity index (χ0) is 19.0. The summed E-state index contributed by atoms with van der Waals surface area (Å²) in [4.78, 5) is 7.81. The standard InChI is InChI=1S/C17H18F4N4O/c1-22-16(24-9-12-5-2-3-7-14(12)18)25-10-13-6-4-8-23-15(13)26-11-17(19,20)21/h2-8H,9-11H2,1H3,(H2,22,24,25). The molecule has 0 saturated carbocycles. The van der Waals surface area contributed by atoms with Crippen molar-refractivity contribution >= 4 is 5.96 Å². The van der Waals surface area contributed by atoms with E-state index in [0.29, 0.717) is 17.1 Å². The van der Waals surface area contributed by atoms with Gasteiger partial charge in [0, 0.05) is 37.5 Å². The fourth-order valence-corrected chi connectivity index (χ4v) is 2.06. The molecule has 0 unspecified atom stereocenters. The molecule has 2 aromatic rings. The van der Waals surface area contributed by atoms with Gasteiger partial charge in [-0.15, -0.1) is 0 Å². The number of aromatic nitrogens is 1. The molecule has 0 atom stereocenters. The number of pyridine rings is 1. The van der Waals surface area contributed by atoms with Crippen LogP contribution in [0.15, 0.2) is 47.6 Å². The summed E-state index contributed by atoms with van der Waals surface area (Å²) >= 11 is 0. The van der Waals surface area contributed by atoms with E-state index in [1.165, 1.54) is 19.3 Å². The lowest BCUT2D eigenvalue weighted by atomic mass is 10.2. The van der Waals surface area contributed by atoms with Crippen LogP contribution in [0.2, 0.25) is 0 Å². The van der Waals surface area contributed by atoms with E-state index in [1.807, 2.05) is 0 Å². The zero-order valence-corrected chi connectivity index (χ0v) is 14.0. The average molecular weight is 370 g/mol. The lowest BCUT2D eigenvalue weighted by Gasteiger charge is -2.15. The third kappa shape index (κ3) is 6.23. The van der Waals surface area contributed by atoms with Crippen LogP contribution >= 0.6 is 0 Å². The SMILES string of the molecule is CN=C(NCc1ccccc1F)NCc1cccnc1OCC(F)(F)F. The molecule has 0 aliphatic carbocycles. The minimum absolute atomic E-state index is 0.109. The maximum absolute atomic E-state index is 13.6. The Kier molecular flexibility index (Phi) is 6.76. The van der Waals surface area contributed by atoms with Gasteiger partial charge in [-0.25, -0.2) is 9.37 Å². The predicted molar refractivity (Wildman–Crippen MR) is 89.2 cm³/mol. The summed E-state index contributed by atoms with van der Waals surface area (Å²) in [6, 6.07) is 9.49. The molecule has 0 aliphatic rings. The van der Waals surface area contributed by atoms with Gasteiger partial charge in [0.15, 0.2) is 12.6 Å². The number of halogens is 4. The number of aliphatic imine (C=N–C) groups is 1. The maximum Gasteiger partial charge on any atom is 0.422 e. The number of nitrogens with zero attached hydrogens (tertiary/aromatic N) is 2. The lowest BCUT2D eigenvalue weighted by molar-refractivity contribution is -0.154. The molecule has 0 amide bonds. The Hall–Kier alpha value is -2.84. The Morgan fingerprint density at radius 2 is 1.73 bits per heavy atom. The monoisotopic (exact) mass is 370 g/mol. The number of alkyl halides is 3. The molecule has 140 valence electrons. The second-order valence-corrected chi connectivity index (χ2v) is 5.24. The van der Waals surface area contributed by atoms with Crippen molar-refractivity contribution in [3.05, 3.63) is 59.5 Å². The smallest absolute Gasteiger partial charge is 0.422 e. The summed E-state index contributed by atoms with van der Waals surface area (Å²) in [6.45, 7) is -1.08. The molecule has 1 aromatic heterocycles. The number of nitrogens with one attached hydrogen (secondary N) is 2. The van der Waals surface area contributed by atoms with Gasteiger partial charge in [0.1, 0.15) is 5.82 Å². The largest absolute Gasteiger partial charge is 0.468 e. The Bertz CT molecular complexity index is 750. The van der Waals surface area contributed by atoms with Crippen molar-refractivity contribution < 1.29 is 22.3 Å². The summed E-state index contributed by atoms with van der Waals surface area (Å²) in [5, 5.41) is 5.86. The second-order valence-electron chi connectivity index (χ2n) is 5.24. The fourth-order valence-electron chi connectivity index (χ4n) is 2.06. The molecule has 0 radical (unpaired) electrons. The van der Waals surface area contributed by atoms with Gasteiger partial charge >= 0.3 is 6.18 Å². The number of rotatable bonds is 6. The van der Waals surface area contributed by atoms with E-state index >= 15 is 0 Å². The molecule has 2 rings (SSSR count). The van der Waals surface area contributed by atoms with Crippen LogP contribution < -0.4 is 15.4 Å². The van der Waals surface area contributed by atoms with Gasteiger partial charge in [-0.1, -0.05) is 24.3 Å². The van der Waals surface area contributed by atoms with E-state index in [1.54, 1.807) is 30.3 Å². The highest BCUT2D eigenvalue weighted by atomic mass is 19.4. The molecular weight excluding hydrogens is 352 g/mol. The molecule has 0 fully saturated rings. The normalized spacial score (nSPS) is 12.0. The highest BCUT2D eigenvalue weighted by molar-refractivity contribution is 5.79. The van der Waals surface area contributed by atoms with Crippen molar-refractivity contribution in [3.8, 4) is 5.88 Å². The summed E-state index contributed by atoms with van der Waals surface area (Å²) in [6.07, 6.45) is -3.10. The van der Waals surface area contributed by atoms with Gasteiger partial charge in [-0.3, -0.25) is 4.99 Å². The van der Waals surface area contributed by atoms with Crippen LogP contribution in [0, 0.1) is 5.82 Å². The van der Waals surface area contributed by atoms with E-state index in [4.69, 9.17) is 4.74 Å². The number of guanidine groups is 1. The minimum atomic E-state index is -4.44. The lowest BCUT2D eigenvalue weighted by Crippen LogP contribution is -2.36. The molecule has 1 heterocycles. The van der Waals surface area contributed by atoms with Crippen molar-refractivity contribution in [2.75, 3.05) is 13.7 Å². The summed E-state index contributed by atoms with van der Waals surface area (Å²) in [7, 11) is 1.53. The van der Waals surface area contributed by atoms with Crippen LogP contribution in [0.3, 0.4) is 0 Å². The van der Waals surface area contributed by atoms with Crippen LogP contribution in [0.25, 0.3) is 0 Å². The number of ether oxygens (including phenoxy) is 1. The first-order valence-corrected chi connectivity index (χ1v) is 7.70. The fraction of sp³-hybridized carbons (Fsp3) is 0.294. The van der Waals surface area contributed by atoms with Gasteiger partial charge in [-0.05, 0) is 12.1 Å². The van der Waals surface area contributed by atoms with Crippen molar-refractivity contribution in [1.82, 2.24) is 15.6 Å². The molecule has 0 spiro atoms. The van der Waals surface area contributed by atoms with Gasteiger partial charge in [-0.2, -0.15) is 13.2 Å². The van der Waals surface area contributed by atoms with Crippen LogP contribution in [-0.4, -0.2) is 30.8 Å². The van der Waals surface area contributed by atoms with E-state index in [-0.39, 0.29) is 24.8 Å². The first kappa shape index (κ1) is 19.5. The van der Waals surface area contributed by atoms with Crippen LogP contribution in [-0.2, 0) is 13.1 Å². The third-order valence-corrected chi connectivity index (χ3v) is 3.30. The Morgan fingerprint density at radius 3 is 2.38 bits per heavy atom. The van der Waals surface area contributed by atoms with E-state index in [0.717, 1.165) is 0 Å². The van der Waals surface area contributed by atoms with Gasteiger partial charge in [0.2, 0.25) is 5.88 Å². The number of hydrogen-bond donors (Lipinski definition) is 2. The van der Waals surface area contributed by atoms with Crippen LogP contribution in [0.1, 0.15) is 11.1 Å². The summed E-state index contributed by atoms with van der Waals surface area (Å²) in [5.74, 6) is -0.0914. The maximum atomic E-state index is 13.6. The minimum Gasteiger partial charge on any atom is -0.468 e. The zero-order valence-electron chi connectivity index (χ0n) is 14.0. The number of hydrogen-bond acceptors (Lipinski definition) is 3. The predicted octanol–water partition coefficient (Wildman–Crippen LogP) is 3.03. The van der Waals surface area contributed by atoms with Gasteiger partial charge in [0.05, 0.1) is 0 Å². The molecule has 5 nitrogen and oxygen atoms in total.